The van der Waals surface area contributed by atoms with Gasteiger partial charge in [0.15, 0.2) is 0 Å². The molecule has 0 saturated carbocycles. The topological polar surface area (TPSA) is 72.5 Å². The van der Waals surface area contributed by atoms with Crippen molar-refractivity contribution in [2.24, 2.45) is 11.3 Å². The number of carbonyl (C=O) groups excluding carboxylic acids is 1. The van der Waals surface area contributed by atoms with Gasteiger partial charge in [-0.3, -0.25) is 4.79 Å². The summed E-state index contributed by atoms with van der Waals surface area (Å²) in [6.45, 7) is 1.33. The predicted molar refractivity (Wildman–Crippen MR) is 58.7 cm³/mol. The van der Waals surface area contributed by atoms with Gasteiger partial charge in [0.05, 0.1) is 24.5 Å². The minimum atomic E-state index is -2.88. The molecule has 1 unspecified atom stereocenters. The number of ether oxygens (including phenoxy) is 1. The quantitative estimate of drug-likeness (QED) is 0.637. The summed E-state index contributed by atoms with van der Waals surface area (Å²) in [5, 5.41) is 3.18. The van der Waals surface area contributed by atoms with Crippen molar-refractivity contribution >= 4 is 15.8 Å². The molecule has 2 rings (SSSR count). The van der Waals surface area contributed by atoms with Crippen LogP contribution in [0.25, 0.3) is 0 Å². The van der Waals surface area contributed by atoms with Gasteiger partial charge in [-0.25, -0.2) is 8.42 Å². The molecule has 0 bridgehead atoms. The van der Waals surface area contributed by atoms with Crippen LogP contribution in [-0.4, -0.2) is 46.1 Å². The molecule has 16 heavy (non-hydrogen) atoms. The molecule has 2 heterocycles. The summed E-state index contributed by atoms with van der Waals surface area (Å²) >= 11 is 0. The molecular weight excluding hydrogens is 230 g/mol. The summed E-state index contributed by atoms with van der Waals surface area (Å²) in [5.41, 5.74) is -0.196. The fraction of sp³-hybridized carbons (Fsp3) is 0.900. The first-order valence-electron chi connectivity index (χ1n) is 5.48. The first-order valence-corrected chi connectivity index (χ1v) is 7.30. The van der Waals surface area contributed by atoms with Crippen LogP contribution in [0.4, 0.5) is 0 Å². The average Bonchev–Trinajstić information content (AvgIpc) is 2.66. The zero-order valence-electron chi connectivity index (χ0n) is 9.36. The minimum Gasteiger partial charge on any atom is -0.469 e. The Morgan fingerprint density at radius 2 is 2.00 bits per heavy atom. The van der Waals surface area contributed by atoms with E-state index in [9.17, 15) is 13.2 Å². The van der Waals surface area contributed by atoms with Gasteiger partial charge in [0.25, 0.3) is 0 Å². The lowest BCUT2D eigenvalue weighted by Crippen LogP contribution is -2.42. The van der Waals surface area contributed by atoms with Gasteiger partial charge < -0.3 is 10.1 Å². The van der Waals surface area contributed by atoms with Crippen molar-refractivity contribution in [2.45, 2.75) is 12.8 Å². The second-order valence-corrected chi connectivity index (χ2v) is 7.02. The molecule has 1 spiro atoms. The zero-order valence-corrected chi connectivity index (χ0v) is 10.2. The Kier molecular flexibility index (Phi) is 2.96. The Bertz CT molecular complexity index is 376. The van der Waals surface area contributed by atoms with Gasteiger partial charge in [0.2, 0.25) is 0 Å². The summed E-state index contributed by atoms with van der Waals surface area (Å²) in [6, 6.07) is 0. The lowest BCUT2D eigenvalue weighted by atomic mass is 9.73. The van der Waals surface area contributed by atoms with Gasteiger partial charge in [-0.1, -0.05) is 0 Å². The summed E-state index contributed by atoms with van der Waals surface area (Å²) in [5.74, 6) is -0.0121. The van der Waals surface area contributed by atoms with E-state index in [0.29, 0.717) is 19.4 Å². The number of carbonyl (C=O) groups is 1. The summed E-state index contributed by atoms with van der Waals surface area (Å²) in [7, 11) is -1.50. The number of hydrogen-bond donors (Lipinski definition) is 1. The van der Waals surface area contributed by atoms with Crippen LogP contribution in [0.2, 0.25) is 0 Å². The highest BCUT2D eigenvalue weighted by Gasteiger charge is 2.49. The van der Waals surface area contributed by atoms with E-state index in [-0.39, 0.29) is 28.8 Å². The van der Waals surface area contributed by atoms with E-state index in [1.807, 2.05) is 0 Å². The van der Waals surface area contributed by atoms with Gasteiger partial charge >= 0.3 is 5.97 Å². The zero-order chi connectivity index (χ0) is 11.8. The van der Waals surface area contributed by atoms with Crippen LogP contribution in [0, 0.1) is 11.3 Å². The molecule has 6 heteroatoms. The van der Waals surface area contributed by atoms with E-state index in [1.165, 1.54) is 7.11 Å². The molecule has 2 aliphatic heterocycles. The van der Waals surface area contributed by atoms with Gasteiger partial charge in [-0.2, -0.15) is 0 Å². The smallest absolute Gasteiger partial charge is 0.310 e. The summed E-state index contributed by atoms with van der Waals surface area (Å²) in [4.78, 5) is 11.6. The third kappa shape index (κ3) is 1.96. The summed E-state index contributed by atoms with van der Waals surface area (Å²) < 4.78 is 27.6. The molecule has 0 radical (unpaired) electrons. The van der Waals surface area contributed by atoms with Crippen LogP contribution in [0.1, 0.15) is 12.8 Å². The highest BCUT2D eigenvalue weighted by molar-refractivity contribution is 7.91. The lowest BCUT2D eigenvalue weighted by molar-refractivity contribution is -0.148. The number of hydrogen-bond acceptors (Lipinski definition) is 5. The standard InChI is InChI=1S/C10H17NO4S/c1-15-9(12)8-6-11-7-10(8)2-4-16(13,14)5-3-10/h8,11H,2-7H2,1H3. The second kappa shape index (κ2) is 4.00. The first-order chi connectivity index (χ1) is 7.49. The van der Waals surface area contributed by atoms with Crippen LogP contribution in [-0.2, 0) is 19.4 Å². The van der Waals surface area contributed by atoms with Crippen molar-refractivity contribution in [1.82, 2.24) is 5.32 Å². The van der Waals surface area contributed by atoms with E-state index >= 15 is 0 Å². The number of esters is 1. The molecule has 0 aromatic rings. The normalized spacial score (nSPS) is 31.4. The number of rotatable bonds is 1. The molecule has 2 saturated heterocycles. The van der Waals surface area contributed by atoms with Crippen molar-refractivity contribution in [2.75, 3.05) is 31.7 Å². The monoisotopic (exact) mass is 247 g/mol. The highest BCUT2D eigenvalue weighted by atomic mass is 32.2. The Morgan fingerprint density at radius 3 is 2.56 bits per heavy atom. The number of methoxy groups -OCH3 is 1. The number of sulfone groups is 1. The maximum absolute atomic E-state index is 11.6. The third-order valence-corrected chi connectivity index (χ3v) is 5.52. The summed E-state index contributed by atoms with van der Waals surface area (Å²) in [6.07, 6.45) is 1.14. The van der Waals surface area contributed by atoms with Crippen LogP contribution in [0.15, 0.2) is 0 Å². The SMILES string of the molecule is COC(=O)C1CNCC12CCS(=O)(=O)CC2. The van der Waals surface area contributed by atoms with E-state index in [1.54, 1.807) is 0 Å². The van der Waals surface area contributed by atoms with Crippen molar-refractivity contribution in [3.05, 3.63) is 0 Å². The third-order valence-electron chi connectivity index (χ3n) is 3.87. The van der Waals surface area contributed by atoms with E-state index < -0.39 is 9.84 Å². The predicted octanol–water partition coefficient (Wildman–Crippen LogP) is -0.426. The molecule has 1 atom stereocenters. The minimum absolute atomic E-state index is 0.187. The van der Waals surface area contributed by atoms with Crippen molar-refractivity contribution in [3.8, 4) is 0 Å². The first kappa shape index (κ1) is 11.9. The molecule has 92 valence electrons. The Hall–Kier alpha value is -0.620. The van der Waals surface area contributed by atoms with E-state index in [0.717, 1.165) is 6.54 Å². The van der Waals surface area contributed by atoms with Crippen molar-refractivity contribution in [3.63, 3.8) is 0 Å². The molecule has 2 aliphatic rings. The molecule has 2 fully saturated rings. The lowest BCUT2D eigenvalue weighted by Gasteiger charge is -2.36. The van der Waals surface area contributed by atoms with E-state index in [4.69, 9.17) is 4.74 Å². The van der Waals surface area contributed by atoms with Gasteiger partial charge in [0, 0.05) is 13.1 Å². The van der Waals surface area contributed by atoms with Gasteiger partial charge in [-0.05, 0) is 18.3 Å². The molecule has 0 aromatic heterocycles. The van der Waals surface area contributed by atoms with Crippen LogP contribution in [0.3, 0.4) is 0 Å². The second-order valence-electron chi connectivity index (χ2n) is 4.72. The molecule has 0 aromatic carbocycles. The largest absolute Gasteiger partial charge is 0.469 e. The molecule has 0 aliphatic carbocycles. The highest BCUT2D eigenvalue weighted by Crippen LogP contribution is 2.42. The fourth-order valence-electron chi connectivity index (χ4n) is 2.75. The van der Waals surface area contributed by atoms with Gasteiger partial charge in [0.1, 0.15) is 9.84 Å². The van der Waals surface area contributed by atoms with Crippen molar-refractivity contribution < 1.29 is 17.9 Å². The van der Waals surface area contributed by atoms with Crippen LogP contribution < -0.4 is 5.32 Å². The average molecular weight is 247 g/mol. The van der Waals surface area contributed by atoms with E-state index in [2.05, 4.69) is 5.32 Å². The van der Waals surface area contributed by atoms with Crippen LogP contribution >= 0.6 is 0 Å². The van der Waals surface area contributed by atoms with Crippen LogP contribution in [0.5, 0.6) is 0 Å². The maximum Gasteiger partial charge on any atom is 0.310 e. The number of nitrogens with one attached hydrogen (secondary N) is 1. The Morgan fingerprint density at radius 1 is 1.38 bits per heavy atom. The molecule has 5 nitrogen and oxygen atoms in total. The maximum atomic E-state index is 11.6. The fourth-order valence-corrected chi connectivity index (χ4v) is 4.39. The van der Waals surface area contributed by atoms with Crippen molar-refractivity contribution in [1.29, 1.82) is 0 Å². The molecule has 1 N–H and O–H groups in total. The Labute approximate surface area is 95.5 Å². The molecule has 0 amide bonds. The Balaban J connectivity index is 2.16. The molecular formula is C10H17NO4S. The van der Waals surface area contributed by atoms with Gasteiger partial charge in [-0.15, -0.1) is 0 Å².